The van der Waals surface area contributed by atoms with Gasteiger partial charge >= 0.3 is 0 Å². The van der Waals surface area contributed by atoms with Gasteiger partial charge in [-0.2, -0.15) is 0 Å². The first-order valence-electron chi connectivity index (χ1n) is 12.2. The average Bonchev–Trinajstić information content (AvgIpc) is 3.22. The second kappa shape index (κ2) is 12.0. The van der Waals surface area contributed by atoms with Crippen LogP contribution in [0, 0.1) is 0 Å². The zero-order chi connectivity index (χ0) is 24.6. The van der Waals surface area contributed by atoms with Crippen LogP contribution < -0.4 is 10.1 Å². The number of benzene rings is 3. The molecule has 5 nitrogen and oxygen atoms in total. The third kappa shape index (κ3) is 6.73. The van der Waals surface area contributed by atoms with Crippen molar-refractivity contribution >= 4 is 32.9 Å². The Balaban J connectivity index is 1.31. The molecule has 1 N–H and O–H groups in total. The van der Waals surface area contributed by atoms with Gasteiger partial charge in [0.25, 0.3) is 5.91 Å². The molecule has 0 saturated carbocycles. The number of halogens is 1. The van der Waals surface area contributed by atoms with Gasteiger partial charge in [-0.1, -0.05) is 60.1 Å². The number of imidazole rings is 1. The summed E-state index contributed by atoms with van der Waals surface area (Å²) in [4.78, 5) is 17.3. The second-order valence-corrected chi connectivity index (χ2v) is 9.88. The van der Waals surface area contributed by atoms with Crippen molar-refractivity contribution in [2.24, 2.45) is 0 Å². The molecule has 0 radical (unpaired) electrons. The van der Waals surface area contributed by atoms with Gasteiger partial charge < -0.3 is 14.6 Å². The topological polar surface area (TPSA) is 56.1 Å². The third-order valence-electron chi connectivity index (χ3n) is 6.02. The number of fused-ring (bicyclic) bond motifs is 1. The van der Waals surface area contributed by atoms with Gasteiger partial charge in [0.2, 0.25) is 0 Å². The van der Waals surface area contributed by atoms with E-state index in [9.17, 15) is 4.79 Å². The Morgan fingerprint density at radius 2 is 1.83 bits per heavy atom. The van der Waals surface area contributed by atoms with E-state index in [4.69, 9.17) is 9.72 Å². The minimum atomic E-state index is -0.0571. The van der Waals surface area contributed by atoms with Gasteiger partial charge in [-0.25, -0.2) is 4.98 Å². The highest BCUT2D eigenvalue weighted by atomic mass is 79.9. The summed E-state index contributed by atoms with van der Waals surface area (Å²) in [5.41, 5.74) is 4.12. The second-order valence-electron chi connectivity index (χ2n) is 8.96. The lowest BCUT2D eigenvalue weighted by Crippen LogP contribution is -2.25. The number of carbonyl (C=O) groups excluding carboxylic acids is 1. The quantitative estimate of drug-likeness (QED) is 0.217. The monoisotopic (exact) mass is 533 g/mol. The molecule has 0 atom stereocenters. The molecule has 0 unspecified atom stereocenters. The molecule has 4 aromatic rings. The van der Waals surface area contributed by atoms with Crippen molar-refractivity contribution in [2.45, 2.75) is 45.6 Å². The van der Waals surface area contributed by atoms with Crippen LogP contribution in [0.2, 0.25) is 0 Å². The van der Waals surface area contributed by atoms with Gasteiger partial charge in [-0.05, 0) is 66.8 Å². The first-order chi connectivity index (χ1) is 17.0. The number of hydrogen-bond acceptors (Lipinski definition) is 3. The molecule has 0 bridgehead atoms. The summed E-state index contributed by atoms with van der Waals surface area (Å²) < 4.78 is 9.17. The number of aromatic nitrogens is 2. The summed E-state index contributed by atoms with van der Waals surface area (Å²) in [5, 5.41) is 3.01. The third-order valence-corrected chi connectivity index (χ3v) is 6.52. The Hall–Kier alpha value is -3.12. The van der Waals surface area contributed by atoms with Crippen LogP contribution in [0.25, 0.3) is 11.0 Å². The Kier molecular flexibility index (Phi) is 8.59. The molecule has 4 rings (SSSR count). The fourth-order valence-corrected chi connectivity index (χ4v) is 4.51. The maximum absolute atomic E-state index is 12.4. The number of ether oxygens (including phenoxy) is 1. The zero-order valence-corrected chi connectivity index (χ0v) is 21.9. The molecular weight excluding hydrogens is 502 g/mol. The Morgan fingerprint density at radius 1 is 1.03 bits per heavy atom. The number of rotatable bonds is 11. The number of aryl methyl sites for hydroxylation is 2. The van der Waals surface area contributed by atoms with Crippen molar-refractivity contribution in [3.05, 3.63) is 94.2 Å². The zero-order valence-electron chi connectivity index (χ0n) is 20.3. The summed E-state index contributed by atoms with van der Waals surface area (Å²) in [6.45, 7) is 6.47. The number of hydrogen-bond donors (Lipinski definition) is 1. The van der Waals surface area contributed by atoms with E-state index in [0.717, 1.165) is 52.9 Å². The summed E-state index contributed by atoms with van der Waals surface area (Å²) in [5.74, 6) is 2.42. The van der Waals surface area contributed by atoms with E-state index in [0.29, 0.717) is 24.6 Å². The van der Waals surface area contributed by atoms with E-state index in [1.54, 1.807) is 0 Å². The van der Waals surface area contributed by atoms with Gasteiger partial charge in [-0.15, -0.1) is 0 Å². The van der Waals surface area contributed by atoms with Crippen molar-refractivity contribution in [2.75, 3.05) is 13.2 Å². The average molecular weight is 534 g/mol. The van der Waals surface area contributed by atoms with E-state index in [1.165, 1.54) is 5.56 Å². The molecule has 6 heteroatoms. The van der Waals surface area contributed by atoms with E-state index < -0.39 is 0 Å². The standard InChI is InChI=1S/C29H32BrN3O2/c1-21(2)22-13-15-25(16-14-22)35-19-7-18-33-27-11-4-3-10-26(27)32-28(33)12-6-17-31-29(34)23-8-5-9-24(30)20-23/h3-5,8-11,13-16,20-21H,6-7,12,17-19H2,1-2H3,(H,31,34). The SMILES string of the molecule is CC(C)c1ccc(OCCCn2c(CCCNC(=O)c3cccc(Br)c3)nc3ccccc32)cc1. The Morgan fingerprint density at radius 3 is 2.60 bits per heavy atom. The van der Waals surface area contributed by atoms with Crippen LogP contribution in [0.4, 0.5) is 0 Å². The summed E-state index contributed by atoms with van der Waals surface area (Å²) >= 11 is 3.41. The Labute approximate surface area is 215 Å². The molecule has 0 fully saturated rings. The maximum atomic E-state index is 12.4. The van der Waals surface area contributed by atoms with Crippen LogP contribution in [0.3, 0.4) is 0 Å². The first-order valence-corrected chi connectivity index (χ1v) is 13.0. The van der Waals surface area contributed by atoms with Gasteiger partial charge in [0.1, 0.15) is 11.6 Å². The summed E-state index contributed by atoms with van der Waals surface area (Å²) in [6, 6.07) is 24.0. The van der Waals surface area contributed by atoms with Crippen molar-refractivity contribution in [3.63, 3.8) is 0 Å². The molecule has 0 aliphatic carbocycles. The van der Waals surface area contributed by atoms with Crippen LogP contribution in [-0.2, 0) is 13.0 Å². The van der Waals surface area contributed by atoms with Gasteiger partial charge in [0.15, 0.2) is 0 Å². The van der Waals surface area contributed by atoms with Crippen LogP contribution in [0.15, 0.2) is 77.3 Å². The number of para-hydroxylation sites is 2. The molecule has 182 valence electrons. The maximum Gasteiger partial charge on any atom is 0.251 e. The normalized spacial score (nSPS) is 11.2. The first kappa shape index (κ1) is 25.0. The van der Waals surface area contributed by atoms with Gasteiger partial charge in [0, 0.05) is 29.5 Å². The van der Waals surface area contributed by atoms with Crippen LogP contribution in [0.1, 0.15) is 54.4 Å². The van der Waals surface area contributed by atoms with Crippen molar-refractivity contribution in [3.8, 4) is 5.75 Å². The van der Waals surface area contributed by atoms with Crippen LogP contribution in [0.5, 0.6) is 5.75 Å². The number of amides is 1. The highest BCUT2D eigenvalue weighted by Gasteiger charge is 2.11. The predicted molar refractivity (Wildman–Crippen MR) is 145 cm³/mol. The lowest BCUT2D eigenvalue weighted by molar-refractivity contribution is 0.0953. The minimum Gasteiger partial charge on any atom is -0.494 e. The fraction of sp³-hybridized carbons (Fsp3) is 0.310. The van der Waals surface area contributed by atoms with Crippen molar-refractivity contribution in [1.29, 1.82) is 0 Å². The summed E-state index contributed by atoms with van der Waals surface area (Å²) in [6.07, 6.45) is 2.51. The van der Waals surface area contributed by atoms with Crippen LogP contribution in [-0.4, -0.2) is 28.6 Å². The van der Waals surface area contributed by atoms with Crippen molar-refractivity contribution < 1.29 is 9.53 Å². The highest BCUT2D eigenvalue weighted by Crippen LogP contribution is 2.20. The smallest absolute Gasteiger partial charge is 0.251 e. The van der Waals surface area contributed by atoms with E-state index in [1.807, 2.05) is 30.3 Å². The number of nitrogens with zero attached hydrogens (tertiary/aromatic N) is 2. The van der Waals surface area contributed by atoms with E-state index in [2.05, 4.69) is 82.1 Å². The fourth-order valence-electron chi connectivity index (χ4n) is 4.11. The van der Waals surface area contributed by atoms with Gasteiger partial charge in [0.05, 0.1) is 17.6 Å². The van der Waals surface area contributed by atoms with E-state index >= 15 is 0 Å². The lowest BCUT2D eigenvalue weighted by atomic mass is 10.0. The summed E-state index contributed by atoms with van der Waals surface area (Å²) in [7, 11) is 0. The number of nitrogens with one attached hydrogen (secondary N) is 1. The molecule has 0 spiro atoms. The van der Waals surface area contributed by atoms with Gasteiger partial charge in [-0.3, -0.25) is 4.79 Å². The molecular formula is C29H32BrN3O2. The molecule has 1 aromatic heterocycles. The van der Waals surface area contributed by atoms with Crippen LogP contribution >= 0.6 is 15.9 Å². The molecule has 1 amide bonds. The lowest BCUT2D eigenvalue weighted by Gasteiger charge is -2.12. The van der Waals surface area contributed by atoms with E-state index in [-0.39, 0.29) is 5.91 Å². The molecule has 0 aliphatic heterocycles. The molecule has 0 aliphatic rings. The molecule has 3 aromatic carbocycles. The largest absolute Gasteiger partial charge is 0.494 e. The molecule has 0 saturated heterocycles. The molecule has 1 heterocycles. The number of carbonyl (C=O) groups is 1. The minimum absolute atomic E-state index is 0.0571. The molecule has 35 heavy (non-hydrogen) atoms. The highest BCUT2D eigenvalue weighted by molar-refractivity contribution is 9.10. The van der Waals surface area contributed by atoms with Crippen molar-refractivity contribution in [1.82, 2.24) is 14.9 Å². The Bertz CT molecular complexity index is 1260. The predicted octanol–water partition coefficient (Wildman–Crippen LogP) is 6.75.